The molecular formula is C19H23FN2O7P+. The maximum Gasteiger partial charge on any atom is 0.472 e. The summed E-state index contributed by atoms with van der Waals surface area (Å²) in [6.07, 6.45) is -2.80. The quantitative estimate of drug-likeness (QED) is 0.391. The number of ether oxygens (including phenoxy) is 1. The van der Waals surface area contributed by atoms with Crippen molar-refractivity contribution in [1.82, 2.24) is 0 Å². The Morgan fingerprint density at radius 1 is 1.23 bits per heavy atom. The zero-order valence-corrected chi connectivity index (χ0v) is 16.8. The number of nitrogens with zero attached hydrogens (tertiary/aromatic N) is 1. The Labute approximate surface area is 172 Å². The van der Waals surface area contributed by atoms with Gasteiger partial charge in [0.2, 0.25) is 6.17 Å². The lowest BCUT2D eigenvalue weighted by molar-refractivity contribution is -0.764. The molecule has 4 N–H and O–H groups in total. The molecule has 0 bridgehead atoms. The van der Waals surface area contributed by atoms with Crippen LogP contribution in [0, 0.1) is 0 Å². The molecule has 1 aliphatic rings. The molecule has 5 atom stereocenters. The van der Waals surface area contributed by atoms with Gasteiger partial charge in [0.25, 0.3) is 12.1 Å². The zero-order valence-electron chi connectivity index (χ0n) is 15.9. The monoisotopic (exact) mass is 441 g/mol. The van der Waals surface area contributed by atoms with Crippen LogP contribution in [0.4, 0.5) is 4.39 Å². The lowest BCUT2D eigenvalue weighted by Crippen LogP contribution is -2.45. The maximum atomic E-state index is 14.5. The molecule has 1 aromatic heterocycles. The minimum atomic E-state index is -4.42. The van der Waals surface area contributed by atoms with Gasteiger partial charge in [-0.25, -0.2) is 8.96 Å². The molecule has 2 aromatic rings. The van der Waals surface area contributed by atoms with E-state index in [1.165, 1.54) is 29.1 Å². The van der Waals surface area contributed by atoms with Gasteiger partial charge in [-0.3, -0.25) is 13.8 Å². The summed E-state index contributed by atoms with van der Waals surface area (Å²) in [5.41, 5.74) is 6.27. The fourth-order valence-electron chi connectivity index (χ4n) is 3.01. The molecule has 11 heteroatoms. The van der Waals surface area contributed by atoms with Gasteiger partial charge in [-0.15, -0.1) is 0 Å². The molecule has 1 aliphatic heterocycles. The van der Waals surface area contributed by atoms with E-state index in [1.54, 1.807) is 0 Å². The molecule has 0 aliphatic carbocycles. The number of carbonyl (C=O) groups is 1. The van der Waals surface area contributed by atoms with Crippen LogP contribution in [0.5, 0.6) is 0 Å². The zero-order chi connectivity index (χ0) is 21.7. The average Bonchev–Trinajstić information content (AvgIpc) is 3.01. The molecule has 2 heterocycles. The summed E-state index contributed by atoms with van der Waals surface area (Å²) in [5, 5.41) is 10.1. The van der Waals surface area contributed by atoms with Crippen molar-refractivity contribution < 1.29 is 42.1 Å². The average molecular weight is 441 g/mol. The minimum absolute atomic E-state index is 0.0595. The first-order chi connectivity index (χ1) is 14.3. The van der Waals surface area contributed by atoms with Gasteiger partial charge in [0.1, 0.15) is 17.8 Å². The Bertz CT molecular complexity index is 917. The molecule has 9 nitrogen and oxygen atoms in total. The molecule has 0 saturated carbocycles. The number of pyridine rings is 1. The standard InChI is InChI=1S/C19H22FN2O7P/c20-16-17(23)15(29-19(16)22-9-4-7-14(11-22)18(21)24)12-28-30(25,26)27-10-8-13-5-2-1-3-6-13/h1-7,9,11,15-17,19,23H,8,10,12H2,(H2-,21,24,25,26)/p+1/t15-,16+,17-,19+/m1/s1. The van der Waals surface area contributed by atoms with Crippen LogP contribution in [0.2, 0.25) is 0 Å². The van der Waals surface area contributed by atoms with E-state index in [2.05, 4.69) is 0 Å². The Balaban J connectivity index is 1.54. The van der Waals surface area contributed by atoms with Crippen molar-refractivity contribution in [1.29, 1.82) is 0 Å². The largest absolute Gasteiger partial charge is 0.472 e. The normalized spacial score (nSPS) is 25.7. The van der Waals surface area contributed by atoms with Crippen molar-refractivity contribution in [3.05, 3.63) is 66.0 Å². The molecule has 3 rings (SSSR count). The fourth-order valence-corrected chi connectivity index (χ4v) is 3.74. The number of alkyl halides is 1. The molecule has 30 heavy (non-hydrogen) atoms. The highest BCUT2D eigenvalue weighted by Gasteiger charge is 2.50. The van der Waals surface area contributed by atoms with Crippen molar-refractivity contribution >= 4 is 13.7 Å². The highest BCUT2D eigenvalue weighted by atomic mass is 31.2. The van der Waals surface area contributed by atoms with E-state index in [0.29, 0.717) is 6.42 Å². The number of aliphatic hydroxyl groups is 1. The predicted octanol–water partition coefficient (Wildman–Crippen LogP) is 1.05. The molecule has 1 fully saturated rings. The summed E-state index contributed by atoms with van der Waals surface area (Å²) >= 11 is 0. The predicted molar refractivity (Wildman–Crippen MR) is 102 cm³/mol. The van der Waals surface area contributed by atoms with Crippen molar-refractivity contribution in [3.63, 3.8) is 0 Å². The van der Waals surface area contributed by atoms with Crippen molar-refractivity contribution in [2.24, 2.45) is 5.73 Å². The third-order valence-corrected chi connectivity index (χ3v) is 5.57. The number of aromatic nitrogens is 1. The van der Waals surface area contributed by atoms with Crippen LogP contribution in [0.1, 0.15) is 22.1 Å². The second-order valence-corrected chi connectivity index (χ2v) is 8.19. The number of phosphoric acid groups is 1. The summed E-state index contributed by atoms with van der Waals surface area (Å²) in [5.74, 6) is -0.702. The van der Waals surface area contributed by atoms with Crippen molar-refractivity contribution in [2.45, 2.75) is 31.0 Å². The molecule has 1 amide bonds. The molecule has 1 saturated heterocycles. The number of benzene rings is 1. The van der Waals surface area contributed by atoms with E-state index in [-0.39, 0.29) is 12.2 Å². The van der Waals surface area contributed by atoms with E-state index in [4.69, 9.17) is 19.5 Å². The number of amides is 1. The third-order valence-electron chi connectivity index (χ3n) is 4.58. The molecule has 162 valence electrons. The summed E-state index contributed by atoms with van der Waals surface area (Å²) in [4.78, 5) is 21.1. The second kappa shape index (κ2) is 9.74. The Morgan fingerprint density at radius 2 is 1.97 bits per heavy atom. The van der Waals surface area contributed by atoms with Gasteiger partial charge in [-0.1, -0.05) is 30.3 Å². The van der Waals surface area contributed by atoms with E-state index in [1.807, 2.05) is 30.3 Å². The summed E-state index contributed by atoms with van der Waals surface area (Å²) in [6.45, 7) is -0.622. The summed E-state index contributed by atoms with van der Waals surface area (Å²) < 4.78 is 43.1. The lowest BCUT2D eigenvalue weighted by Gasteiger charge is -2.16. The Kier molecular flexibility index (Phi) is 7.30. The van der Waals surface area contributed by atoms with Crippen LogP contribution in [-0.2, 0) is 24.8 Å². The number of primary amides is 1. The lowest BCUT2D eigenvalue weighted by atomic mass is 10.1. The number of hydrogen-bond donors (Lipinski definition) is 3. The maximum absolute atomic E-state index is 14.5. The van der Waals surface area contributed by atoms with Gasteiger partial charge in [0, 0.05) is 6.07 Å². The van der Waals surface area contributed by atoms with E-state index >= 15 is 0 Å². The SMILES string of the molecule is NC(=O)c1ccc[n+]([C@H]2O[C@H](COP(=O)(O)OCCc3ccccc3)[C@@H](O)[C@@H]2F)c1. The van der Waals surface area contributed by atoms with Gasteiger partial charge in [0.05, 0.1) is 13.2 Å². The molecule has 1 aromatic carbocycles. The van der Waals surface area contributed by atoms with E-state index in [9.17, 15) is 23.7 Å². The number of nitrogens with two attached hydrogens (primary N) is 1. The van der Waals surface area contributed by atoms with Crippen LogP contribution >= 0.6 is 7.82 Å². The number of rotatable bonds is 9. The van der Waals surface area contributed by atoms with Crippen LogP contribution in [0.15, 0.2) is 54.9 Å². The Morgan fingerprint density at radius 3 is 2.67 bits per heavy atom. The smallest absolute Gasteiger partial charge is 0.387 e. The fraction of sp³-hybridized carbons (Fsp3) is 0.368. The molecule has 0 spiro atoms. The number of carbonyl (C=O) groups excluding carboxylic acids is 1. The first-order valence-electron chi connectivity index (χ1n) is 9.21. The van der Waals surface area contributed by atoms with Crippen molar-refractivity contribution in [2.75, 3.05) is 13.2 Å². The van der Waals surface area contributed by atoms with E-state index < -0.39 is 44.9 Å². The number of hydrogen-bond acceptors (Lipinski definition) is 6. The van der Waals surface area contributed by atoms with Crippen LogP contribution < -0.4 is 10.3 Å². The number of halogens is 1. The second-order valence-electron chi connectivity index (χ2n) is 6.74. The van der Waals surface area contributed by atoms with Crippen LogP contribution in [0.3, 0.4) is 0 Å². The van der Waals surface area contributed by atoms with Gasteiger partial charge in [-0.05, 0) is 18.1 Å². The number of aliphatic hydroxyl groups excluding tert-OH is 1. The highest BCUT2D eigenvalue weighted by molar-refractivity contribution is 7.47. The Hall–Kier alpha value is -2.20. The molecule has 0 radical (unpaired) electrons. The van der Waals surface area contributed by atoms with E-state index in [0.717, 1.165) is 5.56 Å². The first kappa shape index (κ1) is 22.5. The summed E-state index contributed by atoms with van der Waals surface area (Å²) in [6, 6.07) is 12.2. The topological polar surface area (TPSA) is 132 Å². The van der Waals surface area contributed by atoms with Gasteiger partial charge in [-0.2, -0.15) is 4.57 Å². The van der Waals surface area contributed by atoms with Crippen LogP contribution in [0.25, 0.3) is 0 Å². The molecular weight excluding hydrogens is 418 g/mol. The van der Waals surface area contributed by atoms with Gasteiger partial charge >= 0.3 is 7.82 Å². The molecule has 1 unspecified atom stereocenters. The third kappa shape index (κ3) is 5.69. The summed E-state index contributed by atoms with van der Waals surface area (Å²) in [7, 11) is -4.42. The van der Waals surface area contributed by atoms with Crippen molar-refractivity contribution in [3.8, 4) is 0 Å². The highest BCUT2D eigenvalue weighted by Crippen LogP contribution is 2.44. The van der Waals surface area contributed by atoms with Gasteiger partial charge in [0.15, 0.2) is 12.4 Å². The first-order valence-corrected chi connectivity index (χ1v) is 10.7. The van der Waals surface area contributed by atoms with Crippen LogP contribution in [-0.4, -0.2) is 47.5 Å². The number of phosphoric ester groups is 1. The van der Waals surface area contributed by atoms with Gasteiger partial charge < -0.3 is 20.5 Å². The minimum Gasteiger partial charge on any atom is -0.387 e.